The van der Waals surface area contributed by atoms with E-state index < -0.39 is 37.6 Å². The molecule has 20 heavy (non-hydrogen) atoms. The summed E-state index contributed by atoms with van der Waals surface area (Å²) in [5.41, 5.74) is 0.213. The van der Waals surface area contributed by atoms with Gasteiger partial charge in [-0.25, -0.2) is 8.78 Å². The van der Waals surface area contributed by atoms with Crippen molar-refractivity contribution in [1.82, 2.24) is 0 Å². The number of alkyl halides is 1. The zero-order valence-electron chi connectivity index (χ0n) is 11.1. The first-order valence-corrected chi connectivity index (χ1v) is 8.61. The minimum Gasteiger partial charge on any atom is -0.324 e. The molecule has 1 saturated carbocycles. The number of hydrogen-bond donors (Lipinski definition) is 2. The summed E-state index contributed by atoms with van der Waals surface area (Å²) < 4.78 is 39.4. The molecule has 112 valence electrons. The molecule has 2 N–H and O–H groups in total. The van der Waals surface area contributed by atoms with Crippen LogP contribution in [0.3, 0.4) is 0 Å². The highest BCUT2D eigenvalue weighted by molar-refractivity contribution is 7.51. The van der Waals surface area contributed by atoms with Crippen LogP contribution < -0.4 is 0 Å². The standard InChI is InChI=1S/C14H19F2O3P/c15-13-7-3-1-5-10(13)12(9-20(17,18)19)11-6-2-4-8-14(11)16/h1,3,5,7,11-12,14H,2,4,6,8-9H2,(H2,17,18,19). The molecule has 1 fully saturated rings. The van der Waals surface area contributed by atoms with Gasteiger partial charge < -0.3 is 9.79 Å². The molecule has 2 rings (SSSR count). The summed E-state index contributed by atoms with van der Waals surface area (Å²) in [6.45, 7) is 0. The molecule has 1 aliphatic carbocycles. The largest absolute Gasteiger partial charge is 0.326 e. The third-order valence-electron chi connectivity index (χ3n) is 3.99. The Balaban J connectivity index is 2.34. The molecule has 0 spiro atoms. The van der Waals surface area contributed by atoms with Crippen molar-refractivity contribution >= 4 is 7.60 Å². The van der Waals surface area contributed by atoms with Gasteiger partial charge in [-0.1, -0.05) is 31.0 Å². The zero-order valence-corrected chi connectivity index (χ0v) is 12.0. The van der Waals surface area contributed by atoms with Gasteiger partial charge in [0.25, 0.3) is 0 Å². The highest BCUT2D eigenvalue weighted by Crippen LogP contribution is 2.47. The van der Waals surface area contributed by atoms with Gasteiger partial charge in [0, 0.05) is 5.92 Å². The topological polar surface area (TPSA) is 57.5 Å². The van der Waals surface area contributed by atoms with Crippen LogP contribution in [0.4, 0.5) is 8.78 Å². The monoisotopic (exact) mass is 304 g/mol. The third-order valence-corrected chi connectivity index (χ3v) is 4.86. The van der Waals surface area contributed by atoms with Crippen LogP contribution in [0.5, 0.6) is 0 Å². The lowest BCUT2D eigenvalue weighted by atomic mass is 9.76. The summed E-state index contributed by atoms with van der Waals surface area (Å²) in [6, 6.07) is 5.87. The summed E-state index contributed by atoms with van der Waals surface area (Å²) in [7, 11) is -4.33. The lowest BCUT2D eigenvalue weighted by Gasteiger charge is -2.33. The van der Waals surface area contributed by atoms with Crippen LogP contribution in [0, 0.1) is 11.7 Å². The van der Waals surface area contributed by atoms with Crippen molar-refractivity contribution in [2.24, 2.45) is 5.92 Å². The number of rotatable bonds is 4. The molecule has 0 amide bonds. The van der Waals surface area contributed by atoms with E-state index >= 15 is 0 Å². The van der Waals surface area contributed by atoms with Gasteiger partial charge in [0.1, 0.15) is 12.0 Å². The number of benzene rings is 1. The van der Waals surface area contributed by atoms with E-state index in [1.165, 1.54) is 18.2 Å². The fourth-order valence-electron chi connectivity index (χ4n) is 3.06. The Hall–Kier alpha value is -0.770. The molecule has 1 aliphatic rings. The maximum Gasteiger partial charge on any atom is 0.326 e. The highest BCUT2D eigenvalue weighted by Gasteiger charge is 2.37. The molecule has 1 aromatic rings. The summed E-state index contributed by atoms with van der Waals surface area (Å²) in [4.78, 5) is 18.4. The van der Waals surface area contributed by atoms with Crippen molar-refractivity contribution in [3.05, 3.63) is 35.6 Å². The molecule has 1 aromatic carbocycles. The normalized spacial score (nSPS) is 25.4. The third kappa shape index (κ3) is 3.87. The maximum atomic E-state index is 14.1. The lowest BCUT2D eigenvalue weighted by Crippen LogP contribution is -2.29. The maximum absolute atomic E-state index is 14.1. The minimum absolute atomic E-state index is 0.213. The van der Waals surface area contributed by atoms with Crippen molar-refractivity contribution in [1.29, 1.82) is 0 Å². The Kier molecular flexibility index (Phi) is 4.95. The van der Waals surface area contributed by atoms with E-state index in [1.54, 1.807) is 6.07 Å². The van der Waals surface area contributed by atoms with Gasteiger partial charge in [-0.3, -0.25) is 4.57 Å². The van der Waals surface area contributed by atoms with Crippen LogP contribution in [0.1, 0.15) is 37.2 Å². The van der Waals surface area contributed by atoms with Gasteiger partial charge in [0.05, 0.1) is 6.16 Å². The first-order valence-electron chi connectivity index (χ1n) is 6.81. The van der Waals surface area contributed by atoms with Gasteiger partial charge >= 0.3 is 7.60 Å². The van der Waals surface area contributed by atoms with E-state index in [-0.39, 0.29) is 5.56 Å². The Bertz CT molecular complexity index is 503. The predicted octanol–water partition coefficient (Wildman–Crippen LogP) is 3.62. The second-order valence-electron chi connectivity index (χ2n) is 5.44. The molecule has 0 aromatic heterocycles. The van der Waals surface area contributed by atoms with Gasteiger partial charge in [0.15, 0.2) is 0 Å². The summed E-state index contributed by atoms with van der Waals surface area (Å²) in [5, 5.41) is 0. The molecule has 0 aliphatic heterocycles. The van der Waals surface area contributed by atoms with E-state index in [1.807, 2.05) is 0 Å². The average molecular weight is 304 g/mol. The fourth-order valence-corrected chi connectivity index (χ4v) is 4.04. The summed E-state index contributed by atoms with van der Waals surface area (Å²) in [6.07, 6.45) is 0.893. The van der Waals surface area contributed by atoms with Gasteiger partial charge in [-0.2, -0.15) is 0 Å². The molecular weight excluding hydrogens is 285 g/mol. The summed E-state index contributed by atoms with van der Waals surface area (Å²) >= 11 is 0. The van der Waals surface area contributed by atoms with Crippen molar-refractivity contribution in [2.75, 3.05) is 6.16 Å². The van der Waals surface area contributed by atoms with Crippen LogP contribution in [0.25, 0.3) is 0 Å². The van der Waals surface area contributed by atoms with Crippen LogP contribution in [0.2, 0.25) is 0 Å². The molecular formula is C14H19F2O3P. The highest BCUT2D eigenvalue weighted by atomic mass is 31.2. The second-order valence-corrected chi connectivity index (χ2v) is 7.13. The molecule has 0 heterocycles. The first kappa shape index (κ1) is 15.6. The van der Waals surface area contributed by atoms with E-state index in [9.17, 15) is 23.1 Å². The van der Waals surface area contributed by atoms with E-state index in [4.69, 9.17) is 0 Å². The van der Waals surface area contributed by atoms with Crippen molar-refractivity contribution in [2.45, 2.75) is 37.8 Å². The predicted molar refractivity (Wildman–Crippen MR) is 72.9 cm³/mol. The van der Waals surface area contributed by atoms with Gasteiger partial charge in [-0.15, -0.1) is 0 Å². The van der Waals surface area contributed by atoms with Gasteiger partial charge in [0.2, 0.25) is 0 Å². The quantitative estimate of drug-likeness (QED) is 0.835. The van der Waals surface area contributed by atoms with Crippen LogP contribution in [-0.4, -0.2) is 22.1 Å². The SMILES string of the molecule is O=P(O)(O)CC(c1ccccc1F)C1CCCCC1F. The Morgan fingerprint density at radius 2 is 1.90 bits per heavy atom. The van der Waals surface area contributed by atoms with Crippen molar-refractivity contribution in [3.8, 4) is 0 Å². The smallest absolute Gasteiger partial charge is 0.324 e. The molecule has 3 unspecified atom stereocenters. The van der Waals surface area contributed by atoms with E-state index in [0.717, 1.165) is 12.8 Å². The molecule has 0 saturated heterocycles. The number of hydrogen-bond acceptors (Lipinski definition) is 1. The molecule has 6 heteroatoms. The Labute approximate surface area is 117 Å². The molecule has 0 bridgehead atoms. The molecule has 3 nitrogen and oxygen atoms in total. The van der Waals surface area contributed by atoms with Crippen molar-refractivity contribution < 1.29 is 23.1 Å². The van der Waals surface area contributed by atoms with Crippen LogP contribution in [-0.2, 0) is 4.57 Å². The Morgan fingerprint density at radius 1 is 1.25 bits per heavy atom. The van der Waals surface area contributed by atoms with Crippen LogP contribution in [0.15, 0.2) is 24.3 Å². The van der Waals surface area contributed by atoms with Crippen molar-refractivity contribution in [3.63, 3.8) is 0 Å². The first-order chi connectivity index (χ1) is 9.38. The Morgan fingerprint density at radius 3 is 2.50 bits per heavy atom. The lowest BCUT2D eigenvalue weighted by molar-refractivity contribution is 0.144. The van der Waals surface area contributed by atoms with E-state index in [0.29, 0.717) is 12.8 Å². The van der Waals surface area contributed by atoms with Gasteiger partial charge in [-0.05, 0) is 30.4 Å². The fraction of sp³-hybridized carbons (Fsp3) is 0.571. The number of halogens is 2. The molecule has 3 atom stereocenters. The zero-order chi connectivity index (χ0) is 14.8. The minimum atomic E-state index is -4.33. The van der Waals surface area contributed by atoms with Crippen LogP contribution >= 0.6 is 7.60 Å². The van der Waals surface area contributed by atoms with E-state index in [2.05, 4.69) is 0 Å². The molecule has 0 radical (unpaired) electrons. The summed E-state index contributed by atoms with van der Waals surface area (Å²) in [5.74, 6) is -1.82. The average Bonchev–Trinajstić information content (AvgIpc) is 2.37. The second kappa shape index (κ2) is 6.33.